The molecule has 1 rings (SSSR count). The molecule has 0 saturated carbocycles. The molecule has 6 heteroatoms. The van der Waals surface area contributed by atoms with E-state index in [2.05, 4.69) is 6.58 Å². The summed E-state index contributed by atoms with van der Waals surface area (Å²) in [6, 6.07) is 0. The van der Waals surface area contributed by atoms with Crippen LogP contribution in [0.2, 0.25) is 0 Å². The molecule has 0 unspecified atom stereocenters. The molecule has 0 aliphatic heterocycles. The lowest BCUT2D eigenvalue weighted by molar-refractivity contribution is 0.0683. The summed E-state index contributed by atoms with van der Waals surface area (Å²) in [6.45, 7) is 3.16. The quantitative estimate of drug-likeness (QED) is 0.496. The van der Waals surface area contributed by atoms with E-state index in [1.165, 1.54) is 0 Å². The van der Waals surface area contributed by atoms with E-state index in [0.717, 1.165) is 6.08 Å². The molecule has 0 aliphatic carbocycles. The van der Waals surface area contributed by atoms with Crippen molar-refractivity contribution in [2.45, 2.75) is 6.42 Å². The van der Waals surface area contributed by atoms with Gasteiger partial charge in [0.15, 0.2) is 23.3 Å². The summed E-state index contributed by atoms with van der Waals surface area (Å²) in [5, 5.41) is 8.38. The first-order valence-electron chi connectivity index (χ1n) is 4.10. The highest BCUT2D eigenvalue weighted by Gasteiger charge is 2.28. The molecule has 86 valence electrons. The third kappa shape index (κ3) is 1.78. The van der Waals surface area contributed by atoms with Crippen LogP contribution in [0.4, 0.5) is 17.6 Å². The van der Waals surface area contributed by atoms with Crippen LogP contribution in [0.3, 0.4) is 0 Å². The Bertz CT molecular complexity index is 439. The van der Waals surface area contributed by atoms with Crippen LogP contribution in [0.1, 0.15) is 15.9 Å². The molecule has 2 nitrogen and oxygen atoms in total. The first-order chi connectivity index (χ1) is 7.41. The fraction of sp³-hybridized carbons (Fsp3) is 0.100. The summed E-state index contributed by atoms with van der Waals surface area (Å²) in [4.78, 5) is 10.4. The normalized spacial score (nSPS) is 10.2. The number of carbonyl (C=O) groups is 1. The Morgan fingerprint density at radius 1 is 1.12 bits per heavy atom. The maximum Gasteiger partial charge on any atom is 0.341 e. The molecular weight excluding hydrogens is 228 g/mol. The van der Waals surface area contributed by atoms with E-state index >= 15 is 0 Å². The molecule has 0 heterocycles. The van der Waals surface area contributed by atoms with Gasteiger partial charge in [0.1, 0.15) is 5.56 Å². The monoisotopic (exact) mass is 234 g/mol. The first kappa shape index (κ1) is 12.2. The minimum absolute atomic E-state index is 0.439. The standard InChI is InChI=1S/C10H6F4O2/c1-2-3-4-6(11)8(13)5(10(15)16)9(14)7(4)12/h2H,1,3H2,(H,15,16). The number of carboxylic acid groups (broad SMARTS) is 1. The molecule has 0 radical (unpaired) electrons. The predicted octanol–water partition coefficient (Wildman–Crippen LogP) is 2.67. The van der Waals surface area contributed by atoms with E-state index in [9.17, 15) is 22.4 Å². The summed E-state index contributed by atoms with van der Waals surface area (Å²) < 4.78 is 52.5. The van der Waals surface area contributed by atoms with Gasteiger partial charge in [0.05, 0.1) is 0 Å². The third-order valence-electron chi connectivity index (χ3n) is 1.92. The molecule has 0 amide bonds. The van der Waals surface area contributed by atoms with E-state index in [4.69, 9.17) is 5.11 Å². The van der Waals surface area contributed by atoms with Crippen molar-refractivity contribution in [1.82, 2.24) is 0 Å². The van der Waals surface area contributed by atoms with Gasteiger partial charge >= 0.3 is 5.97 Å². The van der Waals surface area contributed by atoms with E-state index in [-0.39, 0.29) is 0 Å². The van der Waals surface area contributed by atoms with Crippen LogP contribution >= 0.6 is 0 Å². The van der Waals surface area contributed by atoms with Crippen LogP contribution in [-0.4, -0.2) is 11.1 Å². The minimum atomic E-state index is -2.07. The van der Waals surface area contributed by atoms with Gasteiger partial charge in [0, 0.05) is 5.56 Å². The van der Waals surface area contributed by atoms with Crippen molar-refractivity contribution in [2.75, 3.05) is 0 Å². The van der Waals surface area contributed by atoms with Crippen LogP contribution in [0, 0.1) is 23.3 Å². The van der Waals surface area contributed by atoms with Gasteiger partial charge in [-0.05, 0) is 6.42 Å². The van der Waals surface area contributed by atoms with Gasteiger partial charge in [-0.1, -0.05) is 6.08 Å². The highest BCUT2D eigenvalue weighted by atomic mass is 19.2. The molecule has 0 fully saturated rings. The highest BCUT2D eigenvalue weighted by Crippen LogP contribution is 2.24. The molecule has 16 heavy (non-hydrogen) atoms. The minimum Gasteiger partial charge on any atom is -0.477 e. The number of hydrogen-bond acceptors (Lipinski definition) is 1. The fourth-order valence-corrected chi connectivity index (χ4v) is 1.19. The molecular formula is C10H6F4O2. The van der Waals surface area contributed by atoms with Crippen LogP contribution in [0.25, 0.3) is 0 Å². The molecule has 1 N–H and O–H groups in total. The molecule has 0 spiro atoms. The van der Waals surface area contributed by atoms with Gasteiger partial charge in [-0.3, -0.25) is 0 Å². The van der Waals surface area contributed by atoms with Crippen LogP contribution in [0.5, 0.6) is 0 Å². The SMILES string of the molecule is C=CCc1c(F)c(F)c(C(=O)O)c(F)c1F. The maximum absolute atomic E-state index is 13.2. The Morgan fingerprint density at radius 3 is 1.88 bits per heavy atom. The van der Waals surface area contributed by atoms with Crippen molar-refractivity contribution in [3.8, 4) is 0 Å². The van der Waals surface area contributed by atoms with E-state index in [0.29, 0.717) is 0 Å². The highest BCUT2D eigenvalue weighted by molar-refractivity contribution is 5.88. The Morgan fingerprint density at radius 2 is 1.56 bits per heavy atom. The summed E-state index contributed by atoms with van der Waals surface area (Å²) >= 11 is 0. The largest absolute Gasteiger partial charge is 0.477 e. The zero-order chi connectivity index (χ0) is 12.5. The van der Waals surface area contributed by atoms with Crippen molar-refractivity contribution in [3.05, 3.63) is 47.1 Å². The van der Waals surface area contributed by atoms with Gasteiger partial charge in [-0.25, -0.2) is 22.4 Å². The molecule has 0 saturated heterocycles. The van der Waals surface area contributed by atoms with Crippen molar-refractivity contribution in [3.63, 3.8) is 0 Å². The van der Waals surface area contributed by atoms with Crippen LogP contribution in [-0.2, 0) is 6.42 Å². The zero-order valence-electron chi connectivity index (χ0n) is 7.86. The Labute approximate surface area is 87.8 Å². The fourth-order valence-electron chi connectivity index (χ4n) is 1.19. The number of benzene rings is 1. The number of hydrogen-bond donors (Lipinski definition) is 1. The maximum atomic E-state index is 13.2. The first-order valence-corrected chi connectivity index (χ1v) is 4.10. The second kappa shape index (κ2) is 4.34. The Hall–Kier alpha value is -1.85. The molecule has 0 aromatic heterocycles. The Kier molecular flexibility index (Phi) is 3.31. The topological polar surface area (TPSA) is 37.3 Å². The van der Waals surface area contributed by atoms with Gasteiger partial charge in [-0.15, -0.1) is 6.58 Å². The van der Waals surface area contributed by atoms with Gasteiger partial charge < -0.3 is 5.11 Å². The van der Waals surface area contributed by atoms with Crippen molar-refractivity contribution >= 4 is 5.97 Å². The Balaban J connectivity index is 3.62. The lowest BCUT2D eigenvalue weighted by Gasteiger charge is -2.07. The van der Waals surface area contributed by atoms with Gasteiger partial charge in [-0.2, -0.15) is 0 Å². The average Bonchev–Trinajstić information content (AvgIpc) is 2.21. The second-order valence-electron chi connectivity index (χ2n) is 2.91. The van der Waals surface area contributed by atoms with Crippen molar-refractivity contribution in [1.29, 1.82) is 0 Å². The van der Waals surface area contributed by atoms with Gasteiger partial charge in [0.2, 0.25) is 0 Å². The second-order valence-corrected chi connectivity index (χ2v) is 2.91. The number of rotatable bonds is 3. The summed E-state index contributed by atoms with van der Waals surface area (Å²) in [5.74, 6) is -9.32. The summed E-state index contributed by atoms with van der Waals surface area (Å²) in [6.07, 6.45) is 0.603. The number of aromatic carboxylic acids is 1. The van der Waals surface area contributed by atoms with Crippen LogP contribution in [0.15, 0.2) is 12.7 Å². The lowest BCUT2D eigenvalue weighted by atomic mass is 10.1. The molecule has 1 aromatic carbocycles. The van der Waals surface area contributed by atoms with E-state index in [1.54, 1.807) is 0 Å². The average molecular weight is 234 g/mol. The van der Waals surface area contributed by atoms with Crippen molar-refractivity contribution < 1.29 is 27.5 Å². The third-order valence-corrected chi connectivity index (χ3v) is 1.92. The predicted molar refractivity (Wildman–Crippen MR) is 47.1 cm³/mol. The van der Waals surface area contributed by atoms with Crippen LogP contribution < -0.4 is 0 Å². The molecule has 0 bridgehead atoms. The van der Waals surface area contributed by atoms with Gasteiger partial charge in [0.25, 0.3) is 0 Å². The molecule has 1 aromatic rings. The zero-order valence-corrected chi connectivity index (χ0v) is 7.86. The summed E-state index contributed by atoms with van der Waals surface area (Å²) in [7, 11) is 0. The number of allylic oxidation sites excluding steroid dienone is 1. The lowest BCUT2D eigenvalue weighted by Crippen LogP contribution is -2.12. The van der Waals surface area contributed by atoms with E-state index < -0.39 is 46.8 Å². The number of carboxylic acids is 1. The summed E-state index contributed by atoms with van der Waals surface area (Å²) in [5.41, 5.74) is -2.52. The molecule has 0 atom stereocenters. The number of halogens is 4. The van der Waals surface area contributed by atoms with E-state index in [1.807, 2.05) is 0 Å². The smallest absolute Gasteiger partial charge is 0.341 e. The van der Waals surface area contributed by atoms with Crippen molar-refractivity contribution in [2.24, 2.45) is 0 Å². The molecule has 0 aliphatic rings.